The van der Waals surface area contributed by atoms with Crippen molar-refractivity contribution in [3.05, 3.63) is 65.7 Å². The van der Waals surface area contributed by atoms with Gasteiger partial charge >= 0.3 is 0 Å². The molecule has 1 aliphatic rings. The molecule has 4 rings (SSSR count). The summed E-state index contributed by atoms with van der Waals surface area (Å²) in [6.07, 6.45) is 4.24. The zero-order valence-corrected chi connectivity index (χ0v) is 18.7. The monoisotopic (exact) mass is 437 g/mol. The lowest BCUT2D eigenvalue weighted by Crippen LogP contribution is -2.14. The van der Waals surface area contributed by atoms with E-state index in [1.165, 1.54) is 12.0 Å². The normalized spacial score (nSPS) is 13.6. The molecule has 0 radical (unpaired) electrons. The Morgan fingerprint density at radius 3 is 2.35 bits per heavy atom. The van der Waals surface area contributed by atoms with Crippen LogP contribution in [0.15, 0.2) is 59.5 Å². The van der Waals surface area contributed by atoms with Crippen LogP contribution in [0.2, 0.25) is 0 Å². The number of nitrogens with one attached hydrogen (secondary N) is 1. The van der Waals surface area contributed by atoms with Crippen molar-refractivity contribution in [2.45, 2.75) is 44.4 Å². The van der Waals surface area contributed by atoms with E-state index in [2.05, 4.69) is 28.8 Å². The summed E-state index contributed by atoms with van der Waals surface area (Å²) in [6, 6.07) is 16.2. The topological polar surface area (TPSA) is 81.2 Å². The van der Waals surface area contributed by atoms with Gasteiger partial charge in [-0.1, -0.05) is 32.0 Å². The Kier molecular flexibility index (Phi) is 6.23. The predicted molar refractivity (Wildman–Crippen MR) is 122 cm³/mol. The summed E-state index contributed by atoms with van der Waals surface area (Å²) in [5.74, 6) is 0.908. The average Bonchev–Trinajstić information content (AvgIpc) is 2.78. The van der Waals surface area contributed by atoms with Crippen LogP contribution in [-0.4, -0.2) is 25.2 Å². The van der Waals surface area contributed by atoms with Crippen molar-refractivity contribution >= 4 is 15.7 Å². The molecule has 6 nitrogen and oxygen atoms in total. The van der Waals surface area contributed by atoms with Gasteiger partial charge in [0.25, 0.3) is 10.0 Å². The molecule has 2 aromatic carbocycles. The van der Waals surface area contributed by atoms with E-state index < -0.39 is 10.0 Å². The molecule has 31 heavy (non-hydrogen) atoms. The van der Waals surface area contributed by atoms with Gasteiger partial charge in [0.15, 0.2) is 0 Å². The third kappa shape index (κ3) is 5.22. The second-order valence-electron chi connectivity index (χ2n) is 8.28. The predicted octanol–water partition coefficient (Wildman–Crippen LogP) is 4.86. The highest BCUT2D eigenvalue weighted by Crippen LogP contribution is 2.26. The number of hydrogen-bond acceptors (Lipinski definition) is 5. The Balaban J connectivity index is 1.45. The third-order valence-corrected chi connectivity index (χ3v) is 6.65. The van der Waals surface area contributed by atoms with Gasteiger partial charge in [0.2, 0.25) is 5.88 Å². The van der Waals surface area contributed by atoms with E-state index in [0.717, 1.165) is 30.4 Å². The molecule has 162 valence electrons. The van der Waals surface area contributed by atoms with Crippen molar-refractivity contribution in [2.75, 3.05) is 11.3 Å². The van der Waals surface area contributed by atoms with Crippen LogP contribution in [0, 0.1) is 5.92 Å². The van der Waals surface area contributed by atoms with Gasteiger partial charge in [0.1, 0.15) is 0 Å². The fraction of sp³-hybridized carbons (Fsp3) is 0.333. The van der Waals surface area contributed by atoms with Crippen molar-refractivity contribution in [1.82, 2.24) is 10.2 Å². The molecule has 0 saturated heterocycles. The Hall–Kier alpha value is -2.93. The zero-order chi connectivity index (χ0) is 21.8. The molecule has 1 N–H and O–H groups in total. The molecule has 0 saturated carbocycles. The quantitative estimate of drug-likeness (QED) is 0.571. The summed E-state index contributed by atoms with van der Waals surface area (Å²) < 4.78 is 33.9. The van der Waals surface area contributed by atoms with Crippen LogP contribution in [0.3, 0.4) is 0 Å². The number of aryl methyl sites for hydroxylation is 2. The van der Waals surface area contributed by atoms with Gasteiger partial charge in [-0.05, 0) is 73.1 Å². The van der Waals surface area contributed by atoms with Gasteiger partial charge in [-0.2, -0.15) is 0 Å². The summed E-state index contributed by atoms with van der Waals surface area (Å²) in [7, 11) is -3.64. The van der Waals surface area contributed by atoms with Crippen LogP contribution in [0.5, 0.6) is 5.88 Å². The fourth-order valence-corrected chi connectivity index (χ4v) is 4.71. The average molecular weight is 438 g/mol. The number of benzene rings is 2. The van der Waals surface area contributed by atoms with Crippen LogP contribution in [0.1, 0.15) is 37.8 Å². The molecule has 0 atom stereocenters. The number of nitrogens with zero attached hydrogens (tertiary/aromatic N) is 2. The minimum atomic E-state index is -3.64. The maximum Gasteiger partial charge on any atom is 0.261 e. The number of sulfonamides is 1. The summed E-state index contributed by atoms with van der Waals surface area (Å²) in [4.78, 5) is 0.306. The molecular formula is C24H27N3O3S. The SMILES string of the molecule is CC(C)COc1ccc(-c2ccc(NS(=O)(=O)c3ccc4c(c3)CCCC4)cc2)nn1. The largest absolute Gasteiger partial charge is 0.476 e. The van der Waals surface area contributed by atoms with Crippen LogP contribution < -0.4 is 9.46 Å². The minimum Gasteiger partial charge on any atom is -0.476 e. The fourth-order valence-electron chi connectivity index (χ4n) is 3.60. The highest BCUT2D eigenvalue weighted by atomic mass is 32.2. The van der Waals surface area contributed by atoms with Gasteiger partial charge in [0, 0.05) is 17.3 Å². The van der Waals surface area contributed by atoms with Gasteiger partial charge in [-0.3, -0.25) is 4.72 Å². The van der Waals surface area contributed by atoms with Crippen molar-refractivity contribution < 1.29 is 13.2 Å². The third-order valence-electron chi connectivity index (χ3n) is 5.27. The molecule has 1 heterocycles. The first-order valence-electron chi connectivity index (χ1n) is 10.6. The molecule has 0 bridgehead atoms. The number of aromatic nitrogens is 2. The highest BCUT2D eigenvalue weighted by Gasteiger charge is 2.18. The molecule has 0 fully saturated rings. The molecular weight excluding hydrogens is 410 g/mol. The van der Waals surface area contributed by atoms with Crippen molar-refractivity contribution in [3.8, 4) is 17.1 Å². The van der Waals surface area contributed by atoms with Gasteiger partial charge in [0.05, 0.1) is 17.2 Å². The molecule has 1 aliphatic carbocycles. The Labute approximate surface area is 183 Å². The molecule has 0 unspecified atom stereocenters. The minimum absolute atomic E-state index is 0.306. The molecule has 0 spiro atoms. The number of rotatable bonds is 7. The Bertz CT molecular complexity index is 1140. The first-order valence-corrected chi connectivity index (χ1v) is 12.1. The highest BCUT2D eigenvalue weighted by molar-refractivity contribution is 7.92. The molecule has 3 aromatic rings. The molecule has 0 aliphatic heterocycles. The van der Waals surface area contributed by atoms with E-state index in [9.17, 15) is 8.42 Å². The second kappa shape index (κ2) is 9.06. The van der Waals surface area contributed by atoms with Crippen LogP contribution >= 0.6 is 0 Å². The van der Waals surface area contributed by atoms with E-state index in [4.69, 9.17) is 4.74 Å². The second-order valence-corrected chi connectivity index (χ2v) is 9.96. The summed E-state index contributed by atoms with van der Waals surface area (Å²) >= 11 is 0. The van der Waals surface area contributed by atoms with Crippen LogP contribution in [0.25, 0.3) is 11.3 Å². The first kappa shape index (κ1) is 21.3. The maximum absolute atomic E-state index is 12.8. The smallest absolute Gasteiger partial charge is 0.261 e. The first-order chi connectivity index (χ1) is 14.9. The zero-order valence-electron chi connectivity index (χ0n) is 17.8. The number of fused-ring (bicyclic) bond motifs is 1. The standard InChI is InChI=1S/C24H27N3O3S/c1-17(2)16-30-24-14-13-23(25-26-24)19-7-10-21(11-8-19)27-31(28,29)22-12-9-18-5-3-4-6-20(18)15-22/h7-15,17,27H,3-6,16H2,1-2H3. The van der Waals surface area contributed by atoms with Gasteiger partial charge < -0.3 is 4.74 Å². The van der Waals surface area contributed by atoms with E-state index in [0.29, 0.717) is 34.7 Å². The van der Waals surface area contributed by atoms with E-state index in [1.54, 1.807) is 24.3 Å². The van der Waals surface area contributed by atoms with Crippen LogP contribution in [0.4, 0.5) is 5.69 Å². The van der Waals surface area contributed by atoms with Crippen molar-refractivity contribution in [3.63, 3.8) is 0 Å². The maximum atomic E-state index is 12.8. The molecule has 7 heteroatoms. The summed E-state index contributed by atoms with van der Waals surface area (Å²) in [5.41, 5.74) is 4.45. The van der Waals surface area contributed by atoms with Gasteiger partial charge in [-0.15, -0.1) is 10.2 Å². The number of ether oxygens (including phenoxy) is 1. The lowest BCUT2D eigenvalue weighted by Gasteiger charge is -2.17. The molecule has 0 amide bonds. The number of hydrogen-bond donors (Lipinski definition) is 1. The van der Waals surface area contributed by atoms with Crippen LogP contribution in [-0.2, 0) is 22.9 Å². The number of anilines is 1. The molecule has 1 aromatic heterocycles. The van der Waals surface area contributed by atoms with E-state index in [1.807, 2.05) is 30.3 Å². The Morgan fingerprint density at radius 1 is 0.935 bits per heavy atom. The van der Waals surface area contributed by atoms with Crippen molar-refractivity contribution in [1.29, 1.82) is 0 Å². The van der Waals surface area contributed by atoms with Crippen molar-refractivity contribution in [2.24, 2.45) is 5.92 Å². The lowest BCUT2D eigenvalue weighted by molar-refractivity contribution is 0.258. The summed E-state index contributed by atoms with van der Waals surface area (Å²) in [5, 5.41) is 8.31. The lowest BCUT2D eigenvalue weighted by atomic mass is 9.92. The van der Waals surface area contributed by atoms with E-state index in [-0.39, 0.29) is 0 Å². The van der Waals surface area contributed by atoms with E-state index >= 15 is 0 Å². The Morgan fingerprint density at radius 2 is 1.68 bits per heavy atom. The summed E-state index contributed by atoms with van der Waals surface area (Å²) in [6.45, 7) is 4.74. The van der Waals surface area contributed by atoms with Gasteiger partial charge in [-0.25, -0.2) is 8.42 Å².